The highest BCUT2D eigenvalue weighted by molar-refractivity contribution is 6.24. The summed E-state index contributed by atoms with van der Waals surface area (Å²) in [5, 5.41) is 0.150. The Balaban J connectivity index is 3.82. The molecule has 0 aliphatic rings. The molecule has 0 aliphatic carbocycles. The summed E-state index contributed by atoms with van der Waals surface area (Å²) >= 11 is 17.3. The van der Waals surface area contributed by atoms with E-state index in [2.05, 4.69) is 0 Å². The van der Waals surface area contributed by atoms with Crippen LogP contribution in [0.3, 0.4) is 0 Å². The number of hydrogen-bond acceptors (Lipinski definition) is 0. The van der Waals surface area contributed by atoms with Crippen LogP contribution in [0.4, 0.5) is 0 Å². The van der Waals surface area contributed by atoms with Crippen LogP contribution < -0.4 is 0 Å². The summed E-state index contributed by atoms with van der Waals surface area (Å²) in [5.41, 5.74) is 1.11. The molecule has 11 heavy (non-hydrogen) atoms. The van der Waals surface area contributed by atoms with E-state index in [1.54, 1.807) is 0 Å². The largest absolute Gasteiger partial charge is 0.123 e. The fourth-order valence-electron chi connectivity index (χ4n) is 0.721. The van der Waals surface area contributed by atoms with E-state index in [9.17, 15) is 0 Å². The van der Waals surface area contributed by atoms with Gasteiger partial charge in [0.15, 0.2) is 0 Å². The lowest BCUT2D eigenvalue weighted by atomic mass is 10.1. The molecule has 0 saturated heterocycles. The van der Waals surface area contributed by atoms with Crippen molar-refractivity contribution in [2.45, 2.75) is 31.0 Å². The van der Waals surface area contributed by atoms with Crippen LogP contribution in [0, 0.1) is 0 Å². The van der Waals surface area contributed by atoms with Crippen molar-refractivity contribution in [3.8, 4) is 0 Å². The summed E-state index contributed by atoms with van der Waals surface area (Å²) < 4.78 is 0. The molecule has 0 aromatic heterocycles. The molecule has 0 aromatic rings. The molecule has 0 aliphatic heterocycles. The summed E-state index contributed by atoms with van der Waals surface area (Å²) in [6.07, 6.45) is 2.71. The van der Waals surface area contributed by atoms with E-state index < -0.39 is 0 Å². The predicted octanol–water partition coefficient (Wildman–Crippen LogP) is 3.80. The van der Waals surface area contributed by atoms with E-state index in [0.717, 1.165) is 12.0 Å². The highest BCUT2D eigenvalue weighted by Gasteiger charge is 2.09. The van der Waals surface area contributed by atoms with E-state index in [-0.39, 0.29) is 10.8 Å². The molecule has 0 rings (SSSR count). The van der Waals surface area contributed by atoms with Gasteiger partial charge in [-0.25, -0.2) is 0 Å². The van der Waals surface area contributed by atoms with Crippen LogP contribution in [0.5, 0.6) is 0 Å². The average molecular weight is 216 g/mol. The Morgan fingerprint density at radius 2 is 2.00 bits per heavy atom. The molecule has 0 nitrogen and oxygen atoms in total. The fourth-order valence-corrected chi connectivity index (χ4v) is 1.59. The third kappa shape index (κ3) is 5.84. The average Bonchev–Trinajstić information content (AvgIpc) is 1.86. The van der Waals surface area contributed by atoms with Crippen molar-refractivity contribution in [3.63, 3.8) is 0 Å². The Morgan fingerprint density at radius 3 is 2.36 bits per heavy atom. The number of rotatable bonds is 4. The molecular formula is C8H13Cl3. The van der Waals surface area contributed by atoms with Gasteiger partial charge in [0, 0.05) is 11.3 Å². The maximum Gasteiger partial charge on any atom is 0.0556 e. The first-order valence-corrected chi connectivity index (χ1v) is 4.99. The maximum atomic E-state index is 5.99. The topological polar surface area (TPSA) is 0 Å². The fraction of sp³-hybridized carbons (Fsp3) is 0.750. The first-order valence-electron chi connectivity index (χ1n) is 3.58. The third-order valence-corrected chi connectivity index (χ3v) is 2.28. The monoisotopic (exact) mass is 214 g/mol. The second-order valence-corrected chi connectivity index (χ2v) is 4.17. The number of halogens is 3. The van der Waals surface area contributed by atoms with E-state index in [1.807, 2.05) is 19.9 Å². The molecule has 2 unspecified atom stereocenters. The molecule has 66 valence electrons. The zero-order valence-corrected chi connectivity index (χ0v) is 9.05. The summed E-state index contributed by atoms with van der Waals surface area (Å²) in [5.74, 6) is 0.520. The van der Waals surface area contributed by atoms with Crippen molar-refractivity contribution in [3.05, 3.63) is 11.6 Å². The first-order chi connectivity index (χ1) is 5.07. The molecule has 0 spiro atoms. The third-order valence-electron chi connectivity index (χ3n) is 1.42. The van der Waals surface area contributed by atoms with E-state index in [1.165, 1.54) is 0 Å². The molecule has 0 radical (unpaired) electrons. The van der Waals surface area contributed by atoms with Crippen LogP contribution in [-0.4, -0.2) is 16.6 Å². The second kappa shape index (κ2) is 6.16. The quantitative estimate of drug-likeness (QED) is 0.494. The smallest absolute Gasteiger partial charge is 0.0556 e. The normalized spacial score (nSPS) is 18.1. The first kappa shape index (κ1) is 11.6. The summed E-state index contributed by atoms with van der Waals surface area (Å²) in [6.45, 7) is 3.91. The Bertz CT molecular complexity index is 129. The lowest BCUT2D eigenvalue weighted by molar-refractivity contribution is 0.801. The van der Waals surface area contributed by atoms with Crippen molar-refractivity contribution < 1.29 is 0 Å². The van der Waals surface area contributed by atoms with Gasteiger partial charge in [-0.05, 0) is 20.3 Å². The van der Waals surface area contributed by atoms with Gasteiger partial charge in [-0.2, -0.15) is 0 Å². The Kier molecular flexibility index (Phi) is 6.50. The molecule has 0 heterocycles. The Hall–Kier alpha value is 0.610. The Labute approximate surface area is 83.5 Å². The van der Waals surface area contributed by atoms with Gasteiger partial charge in [0.05, 0.1) is 5.38 Å². The molecule has 0 aromatic carbocycles. The van der Waals surface area contributed by atoms with E-state index >= 15 is 0 Å². The second-order valence-electron chi connectivity index (χ2n) is 2.59. The molecular weight excluding hydrogens is 202 g/mol. The van der Waals surface area contributed by atoms with Gasteiger partial charge in [0.1, 0.15) is 0 Å². The minimum absolute atomic E-state index is 0.0289. The van der Waals surface area contributed by atoms with Crippen LogP contribution in [0.1, 0.15) is 20.3 Å². The van der Waals surface area contributed by atoms with Crippen LogP contribution in [0.2, 0.25) is 0 Å². The van der Waals surface area contributed by atoms with Crippen molar-refractivity contribution >= 4 is 34.8 Å². The van der Waals surface area contributed by atoms with Crippen LogP contribution in [0.25, 0.3) is 0 Å². The number of allylic oxidation sites excluding steroid dienone is 2. The van der Waals surface area contributed by atoms with Gasteiger partial charge in [0.25, 0.3) is 0 Å². The molecule has 0 N–H and O–H groups in total. The Morgan fingerprint density at radius 1 is 1.45 bits per heavy atom. The van der Waals surface area contributed by atoms with Crippen molar-refractivity contribution in [1.29, 1.82) is 0 Å². The van der Waals surface area contributed by atoms with Gasteiger partial charge in [0.2, 0.25) is 0 Å². The summed E-state index contributed by atoms with van der Waals surface area (Å²) in [4.78, 5) is 0. The summed E-state index contributed by atoms with van der Waals surface area (Å²) in [6, 6.07) is 0. The van der Waals surface area contributed by atoms with Crippen LogP contribution >= 0.6 is 34.8 Å². The van der Waals surface area contributed by atoms with Crippen molar-refractivity contribution in [1.82, 2.24) is 0 Å². The van der Waals surface area contributed by atoms with Crippen LogP contribution in [0.15, 0.2) is 11.6 Å². The van der Waals surface area contributed by atoms with Gasteiger partial charge in [-0.15, -0.1) is 34.8 Å². The number of hydrogen-bond donors (Lipinski definition) is 0. The molecule has 0 amide bonds. The SMILES string of the molecule is C/C(=C\CCl)C(Cl)CC(C)Cl. The van der Waals surface area contributed by atoms with Crippen molar-refractivity contribution in [2.24, 2.45) is 0 Å². The predicted molar refractivity (Wildman–Crippen MR) is 54.1 cm³/mol. The number of alkyl halides is 3. The lowest BCUT2D eigenvalue weighted by Gasteiger charge is -2.10. The molecule has 2 atom stereocenters. The van der Waals surface area contributed by atoms with Gasteiger partial charge < -0.3 is 0 Å². The maximum absolute atomic E-state index is 5.99. The van der Waals surface area contributed by atoms with E-state index in [4.69, 9.17) is 34.8 Å². The molecule has 0 bridgehead atoms. The minimum atomic E-state index is 0.0289. The highest BCUT2D eigenvalue weighted by atomic mass is 35.5. The lowest BCUT2D eigenvalue weighted by Crippen LogP contribution is -2.06. The van der Waals surface area contributed by atoms with Gasteiger partial charge in [-0.1, -0.05) is 11.6 Å². The zero-order chi connectivity index (χ0) is 8.85. The summed E-state index contributed by atoms with van der Waals surface area (Å²) in [7, 11) is 0. The molecule has 0 saturated carbocycles. The molecule has 0 fully saturated rings. The molecule has 3 heteroatoms. The van der Waals surface area contributed by atoms with Gasteiger partial charge in [-0.3, -0.25) is 0 Å². The van der Waals surface area contributed by atoms with E-state index in [0.29, 0.717) is 5.88 Å². The zero-order valence-electron chi connectivity index (χ0n) is 6.78. The highest BCUT2D eigenvalue weighted by Crippen LogP contribution is 2.17. The minimum Gasteiger partial charge on any atom is -0.123 e. The standard InChI is InChI=1S/C8H13Cl3/c1-6(3-4-9)8(11)5-7(2)10/h3,7-8H,4-5H2,1-2H3/b6-3+. The van der Waals surface area contributed by atoms with Crippen molar-refractivity contribution in [2.75, 3.05) is 5.88 Å². The van der Waals surface area contributed by atoms with Gasteiger partial charge >= 0.3 is 0 Å². The van der Waals surface area contributed by atoms with Crippen LogP contribution in [-0.2, 0) is 0 Å².